The zero-order chi connectivity index (χ0) is 11.8. The molecule has 3 heterocycles. The number of anilines is 1. The van der Waals surface area contributed by atoms with Crippen LogP contribution >= 0.6 is 22.7 Å². The Kier molecular flexibility index (Phi) is 2.41. The van der Waals surface area contributed by atoms with E-state index in [1.54, 1.807) is 17.1 Å². The number of fused-ring (bicyclic) bond motifs is 1. The van der Waals surface area contributed by atoms with E-state index in [0.29, 0.717) is 16.4 Å². The summed E-state index contributed by atoms with van der Waals surface area (Å²) in [5.41, 5.74) is 6.28. The molecular weight excluding hydrogens is 256 g/mol. The van der Waals surface area contributed by atoms with Gasteiger partial charge in [-0.25, -0.2) is 9.97 Å². The molecule has 0 spiro atoms. The highest BCUT2D eigenvalue weighted by Gasteiger charge is 2.07. The summed E-state index contributed by atoms with van der Waals surface area (Å²) in [6, 6.07) is 1.84. The molecule has 7 heteroatoms. The predicted molar refractivity (Wildman–Crippen MR) is 69.5 cm³/mol. The van der Waals surface area contributed by atoms with Crippen molar-refractivity contribution in [2.75, 3.05) is 5.73 Å². The molecule has 0 saturated carbocycles. The van der Waals surface area contributed by atoms with E-state index >= 15 is 0 Å². The van der Waals surface area contributed by atoms with Crippen molar-refractivity contribution in [1.29, 1.82) is 0 Å². The highest BCUT2D eigenvalue weighted by molar-refractivity contribution is 7.17. The van der Waals surface area contributed by atoms with E-state index in [9.17, 15) is 4.79 Å². The van der Waals surface area contributed by atoms with Crippen molar-refractivity contribution in [3.63, 3.8) is 0 Å². The van der Waals surface area contributed by atoms with E-state index in [0.717, 1.165) is 10.4 Å². The van der Waals surface area contributed by atoms with Crippen molar-refractivity contribution in [2.45, 2.75) is 6.54 Å². The smallest absolute Gasteiger partial charge is 0.271 e. The van der Waals surface area contributed by atoms with Crippen LogP contribution in [0.25, 0.3) is 10.2 Å². The first-order valence-corrected chi connectivity index (χ1v) is 6.56. The molecule has 5 nitrogen and oxygen atoms in total. The molecule has 0 aliphatic carbocycles. The molecule has 2 N–H and O–H groups in total. The van der Waals surface area contributed by atoms with Gasteiger partial charge < -0.3 is 5.73 Å². The monoisotopic (exact) mass is 264 g/mol. The van der Waals surface area contributed by atoms with E-state index < -0.39 is 0 Å². The summed E-state index contributed by atoms with van der Waals surface area (Å²) in [6.07, 6.45) is 3.25. The second-order valence-corrected chi connectivity index (χ2v) is 5.54. The molecule has 86 valence electrons. The third kappa shape index (κ3) is 1.83. The summed E-state index contributed by atoms with van der Waals surface area (Å²) >= 11 is 2.79. The Hall–Kier alpha value is -1.73. The molecule has 0 aromatic carbocycles. The lowest BCUT2D eigenvalue weighted by Crippen LogP contribution is -2.19. The van der Waals surface area contributed by atoms with Crippen LogP contribution in [-0.4, -0.2) is 14.5 Å². The van der Waals surface area contributed by atoms with Gasteiger partial charge in [0.1, 0.15) is 4.70 Å². The van der Waals surface area contributed by atoms with Gasteiger partial charge in [0, 0.05) is 11.1 Å². The van der Waals surface area contributed by atoms with E-state index in [1.807, 2.05) is 11.4 Å². The molecule has 0 saturated heterocycles. The Morgan fingerprint density at radius 2 is 2.29 bits per heavy atom. The van der Waals surface area contributed by atoms with Crippen molar-refractivity contribution >= 4 is 38.0 Å². The van der Waals surface area contributed by atoms with E-state index in [1.165, 1.54) is 22.7 Å². The maximum Gasteiger partial charge on any atom is 0.271 e. The largest absolute Gasteiger partial charge is 0.375 e. The Bertz CT molecular complexity index is 727. The van der Waals surface area contributed by atoms with Gasteiger partial charge in [0.15, 0.2) is 5.13 Å². The Morgan fingerprint density at radius 1 is 1.41 bits per heavy atom. The van der Waals surface area contributed by atoms with Crippen molar-refractivity contribution in [1.82, 2.24) is 14.5 Å². The quantitative estimate of drug-likeness (QED) is 0.762. The SMILES string of the molecule is Nc1ncc(Cn2cnc3ccsc3c2=O)s1. The first-order valence-electron chi connectivity index (χ1n) is 4.87. The molecule has 0 atom stereocenters. The third-order valence-electron chi connectivity index (χ3n) is 2.33. The van der Waals surface area contributed by atoms with Crippen LogP contribution < -0.4 is 11.3 Å². The minimum atomic E-state index is -0.0167. The summed E-state index contributed by atoms with van der Waals surface area (Å²) < 4.78 is 2.26. The van der Waals surface area contributed by atoms with Crippen molar-refractivity contribution in [2.24, 2.45) is 0 Å². The van der Waals surface area contributed by atoms with Gasteiger partial charge in [-0.1, -0.05) is 0 Å². The molecule has 17 heavy (non-hydrogen) atoms. The lowest BCUT2D eigenvalue weighted by atomic mass is 10.4. The standard InChI is InChI=1S/C10H8N4OS2/c11-10-12-3-6(17-10)4-14-5-13-7-1-2-16-8(7)9(14)15/h1-3,5H,4H2,(H2,11,12). The molecule has 0 amide bonds. The summed E-state index contributed by atoms with van der Waals surface area (Å²) in [4.78, 5) is 21.2. The van der Waals surface area contributed by atoms with Crippen LogP contribution in [0.4, 0.5) is 5.13 Å². The number of thiophene rings is 1. The zero-order valence-corrected chi connectivity index (χ0v) is 10.3. The molecule has 3 rings (SSSR count). The number of rotatable bonds is 2. The Balaban J connectivity index is 2.06. The van der Waals surface area contributed by atoms with Crippen molar-refractivity contribution < 1.29 is 0 Å². The molecule has 0 aliphatic rings. The molecule has 3 aromatic rings. The fourth-order valence-corrected chi connectivity index (χ4v) is 3.03. The van der Waals surface area contributed by atoms with Crippen LogP contribution in [0, 0.1) is 0 Å². The summed E-state index contributed by atoms with van der Waals surface area (Å²) in [6.45, 7) is 0.467. The van der Waals surface area contributed by atoms with Crippen LogP contribution in [0.5, 0.6) is 0 Å². The lowest BCUT2D eigenvalue weighted by molar-refractivity contribution is 0.758. The number of aromatic nitrogens is 3. The van der Waals surface area contributed by atoms with Crippen LogP contribution in [0.15, 0.2) is 28.8 Å². The van der Waals surface area contributed by atoms with Crippen LogP contribution in [-0.2, 0) is 6.54 Å². The molecule has 0 fully saturated rings. The average Bonchev–Trinajstić information content (AvgIpc) is 2.92. The average molecular weight is 264 g/mol. The number of nitrogens with zero attached hydrogens (tertiary/aromatic N) is 3. The molecule has 0 radical (unpaired) electrons. The molecule has 0 aliphatic heterocycles. The van der Waals surface area contributed by atoms with E-state index in [2.05, 4.69) is 9.97 Å². The highest BCUT2D eigenvalue weighted by atomic mass is 32.1. The van der Waals surface area contributed by atoms with Crippen molar-refractivity contribution in [3.05, 3.63) is 39.2 Å². The predicted octanol–water partition coefficient (Wildman–Crippen LogP) is 1.55. The fraction of sp³-hybridized carbons (Fsp3) is 0.100. The van der Waals surface area contributed by atoms with Gasteiger partial charge in [0.2, 0.25) is 0 Å². The van der Waals surface area contributed by atoms with E-state index in [-0.39, 0.29) is 5.56 Å². The van der Waals surface area contributed by atoms with Gasteiger partial charge in [-0.2, -0.15) is 0 Å². The number of nitrogens with two attached hydrogens (primary N) is 1. The maximum absolute atomic E-state index is 12.1. The minimum Gasteiger partial charge on any atom is -0.375 e. The summed E-state index contributed by atoms with van der Waals surface area (Å²) in [7, 11) is 0. The third-order valence-corrected chi connectivity index (χ3v) is 4.04. The second kappa shape index (κ2) is 3.94. The van der Waals surface area contributed by atoms with Gasteiger partial charge in [0.25, 0.3) is 5.56 Å². The molecular formula is C10H8N4OS2. The van der Waals surface area contributed by atoms with Crippen LogP contribution in [0.1, 0.15) is 4.88 Å². The van der Waals surface area contributed by atoms with Crippen LogP contribution in [0.2, 0.25) is 0 Å². The lowest BCUT2D eigenvalue weighted by Gasteiger charge is -2.01. The first kappa shape index (κ1) is 10.4. The topological polar surface area (TPSA) is 73.8 Å². The fourth-order valence-electron chi connectivity index (χ4n) is 1.56. The number of nitrogen functional groups attached to an aromatic ring is 1. The normalized spacial score (nSPS) is 11.1. The second-order valence-electron chi connectivity index (χ2n) is 3.48. The summed E-state index contributed by atoms with van der Waals surface area (Å²) in [5.74, 6) is 0. The Labute approximate surface area is 104 Å². The number of hydrogen-bond donors (Lipinski definition) is 1. The van der Waals surface area contributed by atoms with Gasteiger partial charge in [-0.3, -0.25) is 9.36 Å². The molecule has 0 unspecified atom stereocenters. The zero-order valence-electron chi connectivity index (χ0n) is 8.66. The van der Waals surface area contributed by atoms with Gasteiger partial charge in [-0.05, 0) is 11.4 Å². The number of hydrogen-bond acceptors (Lipinski definition) is 6. The van der Waals surface area contributed by atoms with Gasteiger partial charge in [-0.15, -0.1) is 22.7 Å². The summed E-state index contributed by atoms with van der Waals surface area (Å²) in [5, 5.41) is 2.38. The first-order chi connectivity index (χ1) is 8.24. The van der Waals surface area contributed by atoms with Crippen molar-refractivity contribution in [3.8, 4) is 0 Å². The van der Waals surface area contributed by atoms with Gasteiger partial charge in [0.05, 0.1) is 18.4 Å². The maximum atomic E-state index is 12.1. The van der Waals surface area contributed by atoms with E-state index in [4.69, 9.17) is 5.73 Å². The minimum absolute atomic E-state index is 0.0167. The van der Waals surface area contributed by atoms with Crippen LogP contribution in [0.3, 0.4) is 0 Å². The molecule has 0 bridgehead atoms. The Morgan fingerprint density at radius 3 is 3.06 bits per heavy atom. The highest BCUT2D eigenvalue weighted by Crippen LogP contribution is 2.16. The number of thiazole rings is 1. The van der Waals surface area contributed by atoms with Gasteiger partial charge >= 0.3 is 0 Å². The molecule has 3 aromatic heterocycles.